The lowest BCUT2D eigenvalue weighted by Crippen LogP contribution is -2.49. The number of hydrogen-bond donors (Lipinski definition) is 0. The molecular weight excluding hydrogens is 380 g/mol. The molecule has 4 rings (SSSR count). The SMILES string of the molecule is Cc1ccc(Cc2c(C)nc(C)nc2N2CCN(C(=O)c3cccs3)CC2)cc1. The van der Waals surface area contributed by atoms with Crippen LogP contribution in [0.1, 0.15) is 37.9 Å². The van der Waals surface area contributed by atoms with Gasteiger partial charge in [-0.3, -0.25) is 4.79 Å². The predicted molar refractivity (Wildman–Crippen MR) is 118 cm³/mol. The van der Waals surface area contributed by atoms with Crippen molar-refractivity contribution in [2.75, 3.05) is 31.1 Å². The first-order chi connectivity index (χ1) is 14.0. The van der Waals surface area contributed by atoms with Crippen molar-refractivity contribution in [3.8, 4) is 0 Å². The quantitative estimate of drug-likeness (QED) is 0.657. The first-order valence-corrected chi connectivity index (χ1v) is 10.9. The summed E-state index contributed by atoms with van der Waals surface area (Å²) < 4.78 is 0. The van der Waals surface area contributed by atoms with Gasteiger partial charge in [0.2, 0.25) is 0 Å². The highest BCUT2D eigenvalue weighted by atomic mass is 32.1. The molecule has 2 aromatic heterocycles. The van der Waals surface area contributed by atoms with Crippen molar-refractivity contribution >= 4 is 23.1 Å². The highest BCUT2D eigenvalue weighted by molar-refractivity contribution is 7.12. The van der Waals surface area contributed by atoms with Crippen molar-refractivity contribution in [2.24, 2.45) is 0 Å². The summed E-state index contributed by atoms with van der Waals surface area (Å²) in [6.07, 6.45) is 0.816. The molecule has 150 valence electrons. The molecule has 0 unspecified atom stereocenters. The Kier molecular flexibility index (Phi) is 5.62. The Hall–Kier alpha value is -2.73. The van der Waals surface area contributed by atoms with Gasteiger partial charge in [0.25, 0.3) is 5.91 Å². The molecule has 0 bridgehead atoms. The maximum absolute atomic E-state index is 12.6. The third-order valence-electron chi connectivity index (χ3n) is 5.40. The largest absolute Gasteiger partial charge is 0.353 e. The molecule has 1 aliphatic rings. The van der Waals surface area contributed by atoms with Crippen molar-refractivity contribution in [2.45, 2.75) is 27.2 Å². The zero-order valence-corrected chi connectivity index (χ0v) is 18.0. The average Bonchev–Trinajstić information content (AvgIpc) is 3.26. The molecule has 3 aromatic rings. The van der Waals surface area contributed by atoms with E-state index in [0.717, 1.165) is 41.7 Å². The van der Waals surface area contributed by atoms with E-state index in [0.29, 0.717) is 13.1 Å². The number of thiophene rings is 1. The lowest BCUT2D eigenvalue weighted by atomic mass is 10.0. The third-order valence-corrected chi connectivity index (χ3v) is 6.26. The monoisotopic (exact) mass is 406 g/mol. The Morgan fingerprint density at radius 1 is 1.00 bits per heavy atom. The molecule has 0 N–H and O–H groups in total. The van der Waals surface area contributed by atoms with Gasteiger partial charge in [-0.25, -0.2) is 9.97 Å². The fourth-order valence-electron chi connectivity index (χ4n) is 3.77. The number of hydrogen-bond acceptors (Lipinski definition) is 5. The van der Waals surface area contributed by atoms with Crippen LogP contribution < -0.4 is 4.90 Å². The summed E-state index contributed by atoms with van der Waals surface area (Å²) in [7, 11) is 0. The number of rotatable bonds is 4. The second-order valence-corrected chi connectivity index (χ2v) is 8.53. The maximum atomic E-state index is 12.6. The first-order valence-electron chi connectivity index (χ1n) is 9.98. The van der Waals surface area contributed by atoms with E-state index in [9.17, 15) is 4.79 Å². The average molecular weight is 407 g/mol. The van der Waals surface area contributed by atoms with Gasteiger partial charge in [0, 0.05) is 43.9 Å². The zero-order chi connectivity index (χ0) is 20.4. The summed E-state index contributed by atoms with van der Waals surface area (Å²) in [5.74, 6) is 1.94. The molecule has 0 aliphatic carbocycles. The van der Waals surface area contributed by atoms with E-state index in [4.69, 9.17) is 4.98 Å². The Labute approximate surface area is 176 Å². The van der Waals surface area contributed by atoms with Gasteiger partial charge in [0.05, 0.1) is 4.88 Å². The van der Waals surface area contributed by atoms with E-state index < -0.39 is 0 Å². The van der Waals surface area contributed by atoms with Crippen LogP contribution >= 0.6 is 11.3 Å². The van der Waals surface area contributed by atoms with Crippen molar-refractivity contribution in [1.29, 1.82) is 0 Å². The molecule has 6 heteroatoms. The van der Waals surface area contributed by atoms with Crippen LogP contribution in [0.4, 0.5) is 5.82 Å². The number of carbonyl (C=O) groups excluding carboxylic acids is 1. The summed E-state index contributed by atoms with van der Waals surface area (Å²) in [5, 5.41) is 1.95. The number of amides is 1. The van der Waals surface area contributed by atoms with E-state index in [1.165, 1.54) is 28.0 Å². The number of nitrogens with zero attached hydrogens (tertiary/aromatic N) is 4. The molecule has 29 heavy (non-hydrogen) atoms. The van der Waals surface area contributed by atoms with Gasteiger partial charge in [0.1, 0.15) is 11.6 Å². The molecule has 0 atom stereocenters. The Balaban J connectivity index is 1.54. The normalized spacial score (nSPS) is 14.3. The number of piperazine rings is 1. The second kappa shape index (κ2) is 8.33. The Morgan fingerprint density at radius 2 is 1.72 bits per heavy atom. The lowest BCUT2D eigenvalue weighted by molar-refractivity contribution is 0.0751. The molecule has 0 spiro atoms. The number of anilines is 1. The topological polar surface area (TPSA) is 49.3 Å². The number of carbonyl (C=O) groups is 1. The molecular formula is C23H26N4OS. The summed E-state index contributed by atoms with van der Waals surface area (Å²) in [6, 6.07) is 12.5. The van der Waals surface area contributed by atoms with E-state index in [-0.39, 0.29) is 5.91 Å². The van der Waals surface area contributed by atoms with Gasteiger partial charge in [-0.15, -0.1) is 11.3 Å². The minimum absolute atomic E-state index is 0.134. The molecule has 1 fully saturated rings. The molecule has 0 radical (unpaired) electrons. The van der Waals surface area contributed by atoms with Crippen molar-refractivity contribution in [1.82, 2.24) is 14.9 Å². The number of aryl methyl sites for hydroxylation is 3. The van der Waals surface area contributed by atoms with Crippen LogP contribution in [0, 0.1) is 20.8 Å². The van der Waals surface area contributed by atoms with Gasteiger partial charge in [-0.05, 0) is 37.8 Å². The molecule has 0 saturated carbocycles. The van der Waals surface area contributed by atoms with Crippen molar-refractivity contribution in [3.63, 3.8) is 0 Å². The molecule has 5 nitrogen and oxygen atoms in total. The van der Waals surface area contributed by atoms with Crippen LogP contribution in [-0.4, -0.2) is 47.0 Å². The molecule has 1 aromatic carbocycles. The number of benzene rings is 1. The fourth-order valence-corrected chi connectivity index (χ4v) is 4.46. The lowest BCUT2D eigenvalue weighted by Gasteiger charge is -2.36. The Morgan fingerprint density at radius 3 is 2.38 bits per heavy atom. The summed E-state index contributed by atoms with van der Waals surface area (Å²) in [4.78, 5) is 27.1. The molecule has 1 amide bonds. The van der Waals surface area contributed by atoms with Gasteiger partial charge in [0.15, 0.2) is 0 Å². The van der Waals surface area contributed by atoms with Gasteiger partial charge in [-0.2, -0.15) is 0 Å². The van der Waals surface area contributed by atoms with Crippen LogP contribution in [0.2, 0.25) is 0 Å². The maximum Gasteiger partial charge on any atom is 0.264 e. The first kappa shape index (κ1) is 19.6. The second-order valence-electron chi connectivity index (χ2n) is 7.58. The Bertz CT molecular complexity index is 990. The van der Waals surface area contributed by atoms with Crippen LogP contribution in [0.3, 0.4) is 0 Å². The summed E-state index contributed by atoms with van der Waals surface area (Å²) in [5.41, 5.74) is 4.74. The number of aromatic nitrogens is 2. The van der Waals surface area contributed by atoms with Crippen LogP contribution in [0.15, 0.2) is 41.8 Å². The van der Waals surface area contributed by atoms with E-state index in [1.807, 2.05) is 29.3 Å². The van der Waals surface area contributed by atoms with Crippen molar-refractivity contribution < 1.29 is 4.79 Å². The van der Waals surface area contributed by atoms with Crippen LogP contribution in [0.25, 0.3) is 0 Å². The third kappa shape index (κ3) is 4.32. The molecule has 1 saturated heterocycles. The fraction of sp³-hybridized carbons (Fsp3) is 0.348. The van der Waals surface area contributed by atoms with Crippen molar-refractivity contribution in [3.05, 3.63) is 74.9 Å². The standard InChI is InChI=1S/C23H26N4OS/c1-16-6-8-19(9-7-16)15-20-17(2)24-18(3)25-22(20)26-10-12-27(13-11-26)23(28)21-5-4-14-29-21/h4-9,14H,10-13,15H2,1-3H3. The summed E-state index contributed by atoms with van der Waals surface area (Å²) in [6.45, 7) is 9.11. The van der Waals surface area contributed by atoms with E-state index in [1.54, 1.807) is 0 Å². The van der Waals surface area contributed by atoms with E-state index in [2.05, 4.69) is 48.0 Å². The summed E-state index contributed by atoms with van der Waals surface area (Å²) >= 11 is 1.50. The molecule has 3 heterocycles. The smallest absolute Gasteiger partial charge is 0.264 e. The van der Waals surface area contributed by atoms with E-state index >= 15 is 0 Å². The zero-order valence-electron chi connectivity index (χ0n) is 17.2. The van der Waals surface area contributed by atoms with Gasteiger partial charge in [-0.1, -0.05) is 35.9 Å². The minimum Gasteiger partial charge on any atom is -0.353 e. The predicted octanol–water partition coefficient (Wildman–Crippen LogP) is 4.02. The molecule has 1 aliphatic heterocycles. The van der Waals surface area contributed by atoms with Crippen LogP contribution in [0.5, 0.6) is 0 Å². The highest BCUT2D eigenvalue weighted by Crippen LogP contribution is 2.26. The van der Waals surface area contributed by atoms with Gasteiger partial charge < -0.3 is 9.80 Å². The minimum atomic E-state index is 0.134. The highest BCUT2D eigenvalue weighted by Gasteiger charge is 2.25. The van der Waals surface area contributed by atoms with Gasteiger partial charge >= 0.3 is 0 Å². The van der Waals surface area contributed by atoms with Crippen LogP contribution in [-0.2, 0) is 6.42 Å².